The van der Waals surface area contributed by atoms with Crippen molar-refractivity contribution in [1.29, 1.82) is 0 Å². The Morgan fingerprint density at radius 3 is 2.58 bits per heavy atom. The topological polar surface area (TPSA) is 104 Å². The number of benzene rings is 2. The molecule has 9 heteroatoms. The zero-order valence-electron chi connectivity index (χ0n) is 21.1. The molecule has 0 saturated carbocycles. The van der Waals surface area contributed by atoms with Crippen LogP contribution < -0.4 is 11.0 Å². The monoisotopic (exact) mass is 510 g/mol. The van der Waals surface area contributed by atoms with E-state index in [0.29, 0.717) is 36.4 Å². The molecule has 5 rings (SSSR count). The van der Waals surface area contributed by atoms with Gasteiger partial charge in [0, 0.05) is 32.0 Å². The van der Waals surface area contributed by atoms with E-state index in [4.69, 9.17) is 14.5 Å². The summed E-state index contributed by atoms with van der Waals surface area (Å²) in [7, 11) is 1.59. The van der Waals surface area contributed by atoms with Crippen LogP contribution in [-0.2, 0) is 16.0 Å². The van der Waals surface area contributed by atoms with Gasteiger partial charge in [-0.3, -0.25) is 14.0 Å². The highest BCUT2D eigenvalue weighted by Gasteiger charge is 2.20. The maximum absolute atomic E-state index is 13.4. The molecule has 0 bridgehead atoms. The molecule has 38 heavy (non-hydrogen) atoms. The van der Waals surface area contributed by atoms with Gasteiger partial charge in [0.25, 0.3) is 11.5 Å². The highest BCUT2D eigenvalue weighted by molar-refractivity contribution is 6.00. The van der Waals surface area contributed by atoms with Crippen LogP contribution in [0.4, 0.5) is 0 Å². The first kappa shape index (κ1) is 25.0. The Hall–Kier alpha value is -4.63. The van der Waals surface area contributed by atoms with E-state index in [1.54, 1.807) is 55.1 Å². The Balaban J connectivity index is 1.81. The van der Waals surface area contributed by atoms with Crippen LogP contribution in [0, 0.1) is 0 Å². The van der Waals surface area contributed by atoms with Crippen LogP contribution in [0.2, 0.25) is 0 Å². The predicted octanol–water partition coefficient (Wildman–Crippen LogP) is 3.76. The van der Waals surface area contributed by atoms with Gasteiger partial charge in [-0.1, -0.05) is 36.4 Å². The van der Waals surface area contributed by atoms with Crippen molar-refractivity contribution in [2.75, 3.05) is 20.3 Å². The van der Waals surface area contributed by atoms with Gasteiger partial charge in [0.05, 0.1) is 12.0 Å². The minimum atomic E-state index is -0.683. The zero-order chi connectivity index (χ0) is 26.6. The number of esters is 1. The molecule has 0 spiro atoms. The standard InChI is InChI=1S/C29H26N4O5/c1-3-38-29(36)23-18-22-25(30-24-11-6-7-14-32(24)28(22)35)33(15-8-16-37-2)26(23)31-27(34)21-13-12-19-9-4-5-10-20(19)17-21/h4-7,9-14,17-18H,3,8,15-16H2,1-2H3. The van der Waals surface area contributed by atoms with Gasteiger partial charge in [-0.2, -0.15) is 4.99 Å². The Labute approximate surface area is 217 Å². The predicted molar refractivity (Wildman–Crippen MR) is 143 cm³/mol. The number of rotatable bonds is 7. The maximum Gasteiger partial charge on any atom is 0.341 e. The third-order valence-electron chi connectivity index (χ3n) is 6.22. The summed E-state index contributed by atoms with van der Waals surface area (Å²) in [5.74, 6) is -1.21. The van der Waals surface area contributed by atoms with Crippen molar-refractivity contribution in [3.05, 3.63) is 99.9 Å². The second-order valence-electron chi connectivity index (χ2n) is 8.66. The summed E-state index contributed by atoms with van der Waals surface area (Å²) in [6, 6.07) is 19.7. The molecule has 3 aromatic heterocycles. The average Bonchev–Trinajstić information content (AvgIpc) is 2.94. The van der Waals surface area contributed by atoms with Gasteiger partial charge >= 0.3 is 5.97 Å². The number of methoxy groups -OCH3 is 1. The number of amides is 1. The first-order valence-electron chi connectivity index (χ1n) is 12.3. The van der Waals surface area contributed by atoms with Crippen molar-refractivity contribution >= 4 is 39.3 Å². The highest BCUT2D eigenvalue weighted by atomic mass is 16.5. The van der Waals surface area contributed by atoms with Crippen LogP contribution >= 0.6 is 0 Å². The summed E-state index contributed by atoms with van der Waals surface area (Å²) in [6.45, 7) is 2.53. The number of nitrogens with zero attached hydrogens (tertiary/aromatic N) is 4. The molecule has 0 aliphatic carbocycles. The lowest BCUT2D eigenvalue weighted by Crippen LogP contribution is -2.33. The molecule has 0 aliphatic heterocycles. The molecular formula is C29H26N4O5. The van der Waals surface area contributed by atoms with Gasteiger partial charge in [-0.05, 0) is 54.4 Å². The third kappa shape index (κ3) is 4.71. The van der Waals surface area contributed by atoms with E-state index >= 15 is 0 Å². The van der Waals surface area contributed by atoms with Crippen LogP contribution in [0.5, 0.6) is 0 Å². The van der Waals surface area contributed by atoms with Gasteiger partial charge in [0.2, 0.25) is 0 Å². The molecule has 0 saturated heterocycles. The summed E-state index contributed by atoms with van der Waals surface area (Å²) < 4.78 is 13.6. The second-order valence-corrected chi connectivity index (χ2v) is 8.66. The number of pyridine rings is 2. The van der Waals surface area contributed by atoms with Crippen LogP contribution in [-0.4, -0.2) is 46.2 Å². The molecule has 5 aromatic rings. The number of aryl methyl sites for hydroxylation is 1. The lowest BCUT2D eigenvalue weighted by atomic mass is 10.1. The number of carbonyl (C=O) groups is 2. The number of fused-ring (bicyclic) bond motifs is 3. The Morgan fingerprint density at radius 2 is 1.79 bits per heavy atom. The van der Waals surface area contributed by atoms with E-state index in [9.17, 15) is 14.4 Å². The average molecular weight is 511 g/mol. The maximum atomic E-state index is 13.4. The quantitative estimate of drug-likeness (QED) is 0.188. The van der Waals surface area contributed by atoms with Crippen molar-refractivity contribution < 1.29 is 19.1 Å². The van der Waals surface area contributed by atoms with Crippen molar-refractivity contribution in [2.45, 2.75) is 19.9 Å². The van der Waals surface area contributed by atoms with Crippen LogP contribution in [0.1, 0.15) is 34.1 Å². The first-order chi connectivity index (χ1) is 18.5. The molecule has 0 N–H and O–H groups in total. The molecule has 2 aromatic carbocycles. The van der Waals surface area contributed by atoms with Crippen LogP contribution in [0.25, 0.3) is 27.5 Å². The fourth-order valence-corrected chi connectivity index (χ4v) is 4.42. The van der Waals surface area contributed by atoms with E-state index in [2.05, 4.69) is 4.99 Å². The van der Waals surface area contributed by atoms with E-state index in [1.165, 1.54) is 10.5 Å². The fourth-order valence-electron chi connectivity index (χ4n) is 4.42. The smallest absolute Gasteiger partial charge is 0.341 e. The number of hydrogen-bond donors (Lipinski definition) is 0. The SMILES string of the molecule is CCOC(=O)c1cc2c(=O)n3ccccc3nc2n(CCCOC)c1=NC(=O)c1ccc2ccccc2c1. The van der Waals surface area contributed by atoms with Gasteiger partial charge in [-0.25, -0.2) is 9.78 Å². The summed E-state index contributed by atoms with van der Waals surface area (Å²) in [4.78, 5) is 49.1. The normalized spacial score (nSPS) is 11.9. The van der Waals surface area contributed by atoms with Crippen molar-refractivity contribution in [2.24, 2.45) is 4.99 Å². The van der Waals surface area contributed by atoms with Gasteiger partial charge in [0.1, 0.15) is 16.9 Å². The molecule has 0 fully saturated rings. The largest absolute Gasteiger partial charge is 0.462 e. The Morgan fingerprint density at radius 1 is 1.00 bits per heavy atom. The van der Waals surface area contributed by atoms with Crippen molar-refractivity contribution in [3.8, 4) is 0 Å². The van der Waals surface area contributed by atoms with E-state index in [0.717, 1.165) is 10.8 Å². The number of carbonyl (C=O) groups excluding carboxylic acids is 2. The highest BCUT2D eigenvalue weighted by Crippen LogP contribution is 2.17. The van der Waals surface area contributed by atoms with Gasteiger partial charge in [0.15, 0.2) is 5.49 Å². The van der Waals surface area contributed by atoms with E-state index in [1.807, 2.05) is 30.3 Å². The Bertz CT molecular complexity index is 1820. The van der Waals surface area contributed by atoms with Gasteiger partial charge in [-0.15, -0.1) is 0 Å². The minimum Gasteiger partial charge on any atom is -0.462 e. The molecule has 192 valence electrons. The lowest BCUT2D eigenvalue weighted by Gasteiger charge is -2.15. The number of aromatic nitrogens is 3. The molecule has 0 atom stereocenters. The summed E-state index contributed by atoms with van der Waals surface area (Å²) >= 11 is 0. The minimum absolute atomic E-state index is 0.0145. The fraction of sp³-hybridized carbons (Fsp3) is 0.207. The van der Waals surface area contributed by atoms with E-state index < -0.39 is 11.9 Å². The molecule has 0 aliphatic rings. The molecule has 3 heterocycles. The molecule has 1 amide bonds. The van der Waals surface area contributed by atoms with Crippen molar-refractivity contribution in [3.63, 3.8) is 0 Å². The first-order valence-corrected chi connectivity index (χ1v) is 12.3. The molecule has 0 radical (unpaired) electrons. The van der Waals surface area contributed by atoms with Crippen molar-refractivity contribution in [1.82, 2.24) is 14.0 Å². The van der Waals surface area contributed by atoms with Crippen LogP contribution in [0.3, 0.4) is 0 Å². The molecular weight excluding hydrogens is 484 g/mol. The summed E-state index contributed by atoms with van der Waals surface area (Å²) in [5, 5.41) is 2.10. The second kappa shape index (κ2) is 10.8. The summed E-state index contributed by atoms with van der Waals surface area (Å²) in [5.41, 5.74) is 0.868. The summed E-state index contributed by atoms with van der Waals surface area (Å²) in [6.07, 6.45) is 2.15. The van der Waals surface area contributed by atoms with Gasteiger partial charge < -0.3 is 14.0 Å². The molecule has 0 unspecified atom stereocenters. The van der Waals surface area contributed by atoms with E-state index in [-0.39, 0.29) is 28.6 Å². The lowest BCUT2D eigenvalue weighted by molar-refractivity contribution is 0.0523. The molecule has 9 nitrogen and oxygen atoms in total. The third-order valence-corrected chi connectivity index (χ3v) is 6.22. The number of hydrogen-bond acceptors (Lipinski definition) is 6. The van der Waals surface area contributed by atoms with Crippen LogP contribution in [0.15, 0.2) is 82.7 Å². The number of ether oxygens (including phenoxy) is 2. The Kier molecular flexibility index (Phi) is 7.10. The zero-order valence-corrected chi connectivity index (χ0v) is 21.1.